The predicted octanol–water partition coefficient (Wildman–Crippen LogP) is 6.33. The molecule has 3 rings (SSSR count). The van der Waals surface area contributed by atoms with Gasteiger partial charge in [-0.1, -0.05) is 25.5 Å². The Morgan fingerprint density at radius 1 is 0.958 bits per heavy atom. The van der Waals surface area contributed by atoms with Gasteiger partial charge in [-0.2, -0.15) is 13.2 Å². The lowest BCUT2D eigenvalue weighted by atomic mass is 9.76. The van der Waals surface area contributed by atoms with E-state index in [2.05, 4.69) is 6.92 Å². The lowest BCUT2D eigenvalue weighted by Crippen LogP contribution is -2.25. The van der Waals surface area contributed by atoms with E-state index in [0.717, 1.165) is 37.7 Å². The molecule has 1 aliphatic carbocycles. The van der Waals surface area contributed by atoms with Crippen LogP contribution in [-0.2, 0) is 10.9 Å². The third kappa shape index (κ3) is 4.14. The van der Waals surface area contributed by atoms with Crippen LogP contribution in [0.15, 0.2) is 24.3 Å². The summed E-state index contributed by atoms with van der Waals surface area (Å²) < 4.78 is 44.2. The van der Waals surface area contributed by atoms with E-state index in [1.807, 2.05) is 0 Å². The first-order valence-electron chi connectivity index (χ1n) is 9.30. The fourth-order valence-corrected chi connectivity index (χ4v) is 4.38. The van der Waals surface area contributed by atoms with Crippen LogP contribution in [0.3, 0.4) is 0 Å². The molecule has 24 heavy (non-hydrogen) atoms. The summed E-state index contributed by atoms with van der Waals surface area (Å²) in [6, 6.07) is 5.77. The summed E-state index contributed by atoms with van der Waals surface area (Å²) in [7, 11) is 0. The highest BCUT2D eigenvalue weighted by Crippen LogP contribution is 2.41. The standard InChI is InChI=1S/C20H27F3O/c1-2-3-18-12-13-19(24-18)16-6-4-14(5-7-16)15-8-10-17(11-9-15)20(21,22)23/h8-11,14,16,18-19H,2-7,12-13H2,1H3. The molecule has 2 aliphatic rings. The van der Waals surface area contributed by atoms with Crippen LogP contribution < -0.4 is 0 Å². The summed E-state index contributed by atoms with van der Waals surface area (Å²) in [6.45, 7) is 2.20. The molecule has 1 nitrogen and oxygen atoms in total. The fourth-order valence-electron chi connectivity index (χ4n) is 4.38. The quantitative estimate of drug-likeness (QED) is 0.622. The SMILES string of the molecule is CCCC1CCC(C2CCC(c3ccc(C(F)(F)F)cc3)CC2)O1. The summed E-state index contributed by atoms with van der Waals surface area (Å²) in [5.41, 5.74) is 0.499. The van der Waals surface area contributed by atoms with Crippen molar-refractivity contribution in [2.75, 3.05) is 0 Å². The first kappa shape index (κ1) is 17.8. The summed E-state index contributed by atoms with van der Waals surface area (Å²) >= 11 is 0. The Hall–Kier alpha value is -1.03. The number of halogens is 3. The summed E-state index contributed by atoms with van der Waals surface area (Å²) in [4.78, 5) is 0. The molecule has 1 aliphatic heterocycles. The Labute approximate surface area is 142 Å². The molecule has 2 fully saturated rings. The largest absolute Gasteiger partial charge is 0.416 e. The van der Waals surface area contributed by atoms with Gasteiger partial charge in [-0.3, -0.25) is 0 Å². The second-order valence-corrected chi connectivity index (χ2v) is 7.39. The maximum Gasteiger partial charge on any atom is 0.416 e. The fraction of sp³-hybridized carbons (Fsp3) is 0.700. The second kappa shape index (κ2) is 7.47. The zero-order valence-corrected chi connectivity index (χ0v) is 14.3. The van der Waals surface area contributed by atoms with Crippen molar-refractivity contribution >= 4 is 0 Å². The molecule has 1 saturated carbocycles. The molecule has 1 heterocycles. The lowest BCUT2D eigenvalue weighted by molar-refractivity contribution is -0.137. The first-order chi connectivity index (χ1) is 11.5. The maximum atomic E-state index is 12.7. The molecule has 2 unspecified atom stereocenters. The van der Waals surface area contributed by atoms with Gasteiger partial charge in [0.2, 0.25) is 0 Å². The van der Waals surface area contributed by atoms with Gasteiger partial charge >= 0.3 is 6.18 Å². The lowest BCUT2D eigenvalue weighted by Gasteiger charge is -2.32. The predicted molar refractivity (Wildman–Crippen MR) is 88.9 cm³/mol. The Balaban J connectivity index is 1.52. The molecule has 0 amide bonds. The highest BCUT2D eigenvalue weighted by Gasteiger charge is 2.34. The minimum Gasteiger partial charge on any atom is -0.375 e. The third-order valence-corrected chi connectivity index (χ3v) is 5.76. The Morgan fingerprint density at radius 2 is 1.62 bits per heavy atom. The van der Waals surface area contributed by atoms with Crippen LogP contribution >= 0.6 is 0 Å². The van der Waals surface area contributed by atoms with Crippen molar-refractivity contribution in [3.8, 4) is 0 Å². The Bertz CT molecular complexity index is 515. The van der Waals surface area contributed by atoms with Crippen molar-refractivity contribution < 1.29 is 17.9 Å². The van der Waals surface area contributed by atoms with Crippen molar-refractivity contribution in [3.05, 3.63) is 35.4 Å². The van der Waals surface area contributed by atoms with Gasteiger partial charge in [0.15, 0.2) is 0 Å². The van der Waals surface area contributed by atoms with Crippen molar-refractivity contribution in [3.63, 3.8) is 0 Å². The molecule has 134 valence electrons. The molecule has 1 aromatic carbocycles. The number of benzene rings is 1. The third-order valence-electron chi connectivity index (χ3n) is 5.76. The van der Waals surface area contributed by atoms with E-state index < -0.39 is 11.7 Å². The molecular weight excluding hydrogens is 313 g/mol. The normalized spacial score (nSPS) is 31.3. The van der Waals surface area contributed by atoms with E-state index in [4.69, 9.17) is 4.74 Å². The molecule has 2 atom stereocenters. The van der Waals surface area contributed by atoms with Crippen LogP contribution in [0.2, 0.25) is 0 Å². The van der Waals surface area contributed by atoms with E-state index >= 15 is 0 Å². The Kier molecular flexibility index (Phi) is 5.53. The monoisotopic (exact) mass is 340 g/mol. The van der Waals surface area contributed by atoms with Crippen molar-refractivity contribution in [2.24, 2.45) is 5.92 Å². The molecule has 0 aromatic heterocycles. The first-order valence-corrected chi connectivity index (χ1v) is 9.30. The average molecular weight is 340 g/mol. The average Bonchev–Trinajstić information content (AvgIpc) is 3.03. The molecule has 0 radical (unpaired) electrons. The summed E-state index contributed by atoms with van der Waals surface area (Å²) in [5, 5.41) is 0. The molecule has 1 saturated heterocycles. The minimum atomic E-state index is -4.25. The number of rotatable bonds is 4. The molecule has 0 bridgehead atoms. The number of ether oxygens (including phenoxy) is 1. The van der Waals surface area contributed by atoms with Crippen molar-refractivity contribution in [2.45, 2.75) is 82.6 Å². The zero-order valence-electron chi connectivity index (χ0n) is 14.3. The van der Waals surface area contributed by atoms with Crippen LogP contribution in [0, 0.1) is 5.92 Å². The van der Waals surface area contributed by atoms with Crippen molar-refractivity contribution in [1.82, 2.24) is 0 Å². The van der Waals surface area contributed by atoms with E-state index in [1.165, 1.54) is 31.4 Å². The molecule has 4 heteroatoms. The van der Waals surface area contributed by atoms with Gasteiger partial charge in [0.25, 0.3) is 0 Å². The highest BCUT2D eigenvalue weighted by molar-refractivity contribution is 5.27. The van der Waals surface area contributed by atoms with Crippen LogP contribution in [-0.4, -0.2) is 12.2 Å². The number of hydrogen-bond donors (Lipinski definition) is 0. The van der Waals surface area contributed by atoms with Gasteiger partial charge in [-0.25, -0.2) is 0 Å². The second-order valence-electron chi connectivity index (χ2n) is 7.39. The van der Waals surface area contributed by atoms with Gasteiger partial charge in [0, 0.05) is 0 Å². The minimum absolute atomic E-state index is 0.399. The summed E-state index contributed by atoms with van der Waals surface area (Å²) in [6.07, 6.45) is 5.73. The smallest absolute Gasteiger partial charge is 0.375 e. The van der Waals surface area contributed by atoms with Crippen LogP contribution in [0.4, 0.5) is 13.2 Å². The van der Waals surface area contributed by atoms with Gasteiger partial charge in [-0.05, 0) is 74.5 Å². The van der Waals surface area contributed by atoms with Gasteiger partial charge in [0.1, 0.15) is 0 Å². The van der Waals surface area contributed by atoms with Gasteiger partial charge in [0.05, 0.1) is 17.8 Å². The zero-order chi connectivity index (χ0) is 17.2. The topological polar surface area (TPSA) is 9.23 Å². The van der Waals surface area contributed by atoms with Crippen LogP contribution in [0.25, 0.3) is 0 Å². The molecule has 1 aromatic rings. The van der Waals surface area contributed by atoms with E-state index in [1.54, 1.807) is 12.1 Å². The van der Waals surface area contributed by atoms with Crippen LogP contribution in [0.1, 0.15) is 75.3 Å². The van der Waals surface area contributed by atoms with Gasteiger partial charge in [-0.15, -0.1) is 0 Å². The van der Waals surface area contributed by atoms with Crippen molar-refractivity contribution in [1.29, 1.82) is 0 Å². The number of hydrogen-bond acceptors (Lipinski definition) is 1. The van der Waals surface area contributed by atoms with E-state index in [9.17, 15) is 13.2 Å². The Morgan fingerprint density at radius 3 is 2.21 bits per heavy atom. The summed E-state index contributed by atoms with van der Waals surface area (Å²) in [5.74, 6) is 1.04. The van der Waals surface area contributed by atoms with Gasteiger partial charge < -0.3 is 4.74 Å². The molecular formula is C20H27F3O. The maximum absolute atomic E-state index is 12.7. The highest BCUT2D eigenvalue weighted by atomic mass is 19.4. The number of alkyl halides is 3. The molecule has 0 N–H and O–H groups in total. The molecule has 0 spiro atoms. The van der Waals surface area contributed by atoms with E-state index in [0.29, 0.717) is 24.0 Å². The van der Waals surface area contributed by atoms with Crippen LogP contribution in [0.5, 0.6) is 0 Å². The van der Waals surface area contributed by atoms with E-state index in [-0.39, 0.29) is 0 Å².